The third kappa shape index (κ3) is 5.49. The maximum Gasteiger partial charge on any atom is 0.0998 e. The van der Waals surface area contributed by atoms with E-state index in [1.165, 1.54) is 0 Å². The second kappa shape index (κ2) is 6.18. The van der Waals surface area contributed by atoms with Gasteiger partial charge < -0.3 is 20.2 Å². The van der Waals surface area contributed by atoms with Crippen molar-refractivity contribution in [3.63, 3.8) is 0 Å². The summed E-state index contributed by atoms with van der Waals surface area (Å²) in [7, 11) is 3.91. The summed E-state index contributed by atoms with van der Waals surface area (Å²) in [5, 5.41) is 18.7. The van der Waals surface area contributed by atoms with Crippen molar-refractivity contribution >= 4 is 5.69 Å². The minimum atomic E-state index is -0.377. The molecule has 0 saturated heterocycles. The van der Waals surface area contributed by atoms with Crippen LogP contribution in [0.3, 0.4) is 0 Å². The molecule has 0 bridgehead atoms. The van der Waals surface area contributed by atoms with Gasteiger partial charge in [0.05, 0.1) is 32.8 Å². The maximum atomic E-state index is 9.41. The summed E-state index contributed by atoms with van der Waals surface area (Å²) in [5.41, 5.74) is 6.55. The van der Waals surface area contributed by atoms with Crippen molar-refractivity contribution < 1.29 is 14.8 Å². The number of benzene rings is 1. The highest BCUT2D eigenvalue weighted by Gasteiger charge is 2.10. The van der Waals surface area contributed by atoms with Crippen LogP contribution in [-0.4, -0.2) is 47.7 Å². The van der Waals surface area contributed by atoms with Crippen LogP contribution in [0.4, 0.5) is 5.69 Å². The largest absolute Gasteiger partial charge is 0.487 e. The molecular formula is C14H24N2O2. The summed E-state index contributed by atoms with van der Waals surface area (Å²) >= 11 is 0. The van der Waals surface area contributed by atoms with Gasteiger partial charge in [0.1, 0.15) is 0 Å². The molecule has 1 aromatic carbocycles. The van der Waals surface area contributed by atoms with Crippen LogP contribution >= 0.6 is 0 Å². The molecule has 0 spiro atoms. The van der Waals surface area contributed by atoms with Crippen molar-refractivity contribution in [2.24, 2.45) is 0 Å². The van der Waals surface area contributed by atoms with Crippen LogP contribution in [0.2, 0.25) is 0 Å². The molecule has 0 aliphatic rings. The Hall–Kier alpha value is -1.10. The first-order chi connectivity index (χ1) is 8.28. The van der Waals surface area contributed by atoms with E-state index in [9.17, 15) is 10.2 Å². The summed E-state index contributed by atoms with van der Waals surface area (Å²) in [6.45, 7) is 4.12. The van der Waals surface area contributed by atoms with Crippen LogP contribution < -0.4 is 0 Å². The Bertz CT molecular complexity index is 359. The molecule has 0 saturated carbocycles. The zero-order valence-electron chi connectivity index (χ0n) is 11.7. The molecular weight excluding hydrogens is 228 g/mol. The molecule has 1 aromatic rings. The first kappa shape index (κ1) is 15.0. The third-order valence-electron chi connectivity index (χ3n) is 2.56. The zero-order valence-corrected chi connectivity index (χ0v) is 11.7. The van der Waals surface area contributed by atoms with Crippen LogP contribution in [0.25, 0.3) is 5.43 Å². The molecule has 0 aliphatic carbocycles. The quantitative estimate of drug-likeness (QED) is 0.601. The first-order valence-electron chi connectivity index (χ1n) is 6.30. The summed E-state index contributed by atoms with van der Waals surface area (Å²) in [6, 6.07) is 7.85. The van der Waals surface area contributed by atoms with Gasteiger partial charge >= 0.3 is 0 Å². The van der Waals surface area contributed by atoms with E-state index in [2.05, 4.69) is 5.43 Å². The van der Waals surface area contributed by atoms with E-state index < -0.39 is 0 Å². The molecule has 0 amide bonds. The lowest BCUT2D eigenvalue weighted by molar-refractivity contribution is -0.853. The van der Waals surface area contributed by atoms with Crippen molar-refractivity contribution in [2.45, 2.75) is 32.5 Å². The van der Waals surface area contributed by atoms with Gasteiger partial charge in [0.25, 0.3) is 0 Å². The van der Waals surface area contributed by atoms with Gasteiger partial charge in [-0.1, -0.05) is 30.0 Å². The Labute approximate surface area is 109 Å². The van der Waals surface area contributed by atoms with Gasteiger partial charge in [-0.25, -0.2) is 0 Å². The monoisotopic (exact) mass is 252 g/mol. The van der Waals surface area contributed by atoms with Gasteiger partial charge in [-0.3, -0.25) is 0 Å². The first-order valence-corrected chi connectivity index (χ1v) is 6.30. The molecule has 0 aromatic heterocycles. The molecule has 2 N–H and O–H groups in total. The molecule has 18 heavy (non-hydrogen) atoms. The van der Waals surface area contributed by atoms with E-state index in [-0.39, 0.29) is 12.2 Å². The van der Waals surface area contributed by atoms with Crippen molar-refractivity contribution in [3.05, 3.63) is 35.3 Å². The highest BCUT2D eigenvalue weighted by atomic mass is 16.3. The number of aliphatic hydroxyl groups excluding tert-OH is 2. The second-order valence-electron chi connectivity index (χ2n) is 5.47. The van der Waals surface area contributed by atoms with Gasteiger partial charge in [-0.2, -0.15) is 0 Å². The lowest BCUT2D eigenvalue weighted by atomic mass is 10.1. The van der Waals surface area contributed by atoms with E-state index in [0.717, 1.165) is 11.3 Å². The Morgan fingerprint density at radius 2 is 1.61 bits per heavy atom. The molecule has 2 atom stereocenters. The van der Waals surface area contributed by atoms with Gasteiger partial charge in [0.2, 0.25) is 0 Å². The molecule has 102 valence electrons. The fourth-order valence-electron chi connectivity index (χ4n) is 2.04. The number of rotatable bonds is 6. The molecule has 4 heteroatoms. The van der Waals surface area contributed by atoms with E-state index in [1.54, 1.807) is 13.8 Å². The Morgan fingerprint density at radius 3 is 2.06 bits per heavy atom. The topological polar surface area (TPSA) is 54.6 Å². The fourth-order valence-corrected chi connectivity index (χ4v) is 2.04. The lowest BCUT2D eigenvalue weighted by Gasteiger charge is -2.43. The predicted molar refractivity (Wildman–Crippen MR) is 73.5 cm³/mol. The smallest absolute Gasteiger partial charge is 0.0998 e. The van der Waals surface area contributed by atoms with Crippen molar-refractivity contribution in [3.8, 4) is 0 Å². The molecule has 0 unspecified atom stereocenters. The maximum absolute atomic E-state index is 9.41. The number of likely N-dealkylation sites (N-methyl/N-ethyl adjacent to an activating group) is 1. The van der Waals surface area contributed by atoms with Crippen LogP contribution in [0, 0.1) is 0 Å². The van der Waals surface area contributed by atoms with Crippen LogP contribution in [0.5, 0.6) is 0 Å². The van der Waals surface area contributed by atoms with Crippen LogP contribution in [-0.2, 0) is 6.42 Å². The molecule has 4 nitrogen and oxygen atoms in total. The number of hydrogen-bond donors (Lipinski definition) is 2. The molecule has 0 heterocycles. The van der Waals surface area contributed by atoms with Crippen LogP contribution in [0.15, 0.2) is 24.3 Å². The van der Waals surface area contributed by atoms with E-state index >= 15 is 0 Å². The van der Waals surface area contributed by atoms with E-state index in [1.807, 2.05) is 38.4 Å². The minimum Gasteiger partial charge on any atom is -0.487 e. The normalized spacial score (nSPS) is 15.2. The minimum absolute atomic E-state index is 0.324. The Kier molecular flexibility index (Phi) is 5.14. The summed E-state index contributed by atoms with van der Waals surface area (Å²) in [5.74, 6) is 0. The number of aliphatic hydroxyl groups is 2. The SMILES string of the molecule is C[C@H](O)Cc1ccc([N-][N+](C)(C)C[C@H](C)O)cc1. The van der Waals surface area contributed by atoms with Gasteiger partial charge in [0.15, 0.2) is 0 Å². The zero-order chi connectivity index (χ0) is 13.8. The van der Waals surface area contributed by atoms with Crippen molar-refractivity contribution in [2.75, 3.05) is 20.6 Å². The Morgan fingerprint density at radius 1 is 1.06 bits per heavy atom. The Balaban J connectivity index is 2.63. The van der Waals surface area contributed by atoms with E-state index in [0.29, 0.717) is 17.6 Å². The highest BCUT2D eigenvalue weighted by Crippen LogP contribution is 2.25. The molecule has 0 fully saturated rings. The van der Waals surface area contributed by atoms with Crippen molar-refractivity contribution in [1.82, 2.24) is 0 Å². The van der Waals surface area contributed by atoms with Crippen molar-refractivity contribution in [1.29, 1.82) is 0 Å². The number of hydrogen-bond acceptors (Lipinski definition) is 2. The predicted octanol–water partition coefficient (Wildman–Crippen LogP) is 1.99. The van der Waals surface area contributed by atoms with Gasteiger partial charge in [0, 0.05) is 0 Å². The second-order valence-corrected chi connectivity index (χ2v) is 5.47. The molecule has 1 rings (SSSR count). The van der Waals surface area contributed by atoms with Gasteiger partial charge in [-0.15, -0.1) is 0 Å². The van der Waals surface area contributed by atoms with E-state index in [4.69, 9.17) is 0 Å². The van der Waals surface area contributed by atoms with Gasteiger partial charge in [-0.05, 0) is 25.8 Å². The van der Waals surface area contributed by atoms with Crippen LogP contribution in [0.1, 0.15) is 19.4 Å². The average molecular weight is 252 g/mol. The lowest BCUT2D eigenvalue weighted by Crippen LogP contribution is -2.39. The molecule has 0 aliphatic heterocycles. The summed E-state index contributed by atoms with van der Waals surface area (Å²) < 4.78 is 0.396. The third-order valence-corrected chi connectivity index (χ3v) is 2.56. The fraction of sp³-hybridized carbons (Fsp3) is 0.571. The summed E-state index contributed by atoms with van der Waals surface area (Å²) in [4.78, 5) is 0. The number of quaternary nitrogens is 1. The summed E-state index contributed by atoms with van der Waals surface area (Å²) in [6.07, 6.45) is -0.0415. The number of nitrogens with zero attached hydrogens (tertiary/aromatic N) is 2. The standard InChI is InChI=1S/C14H24N2O2/c1-11(17)9-13-5-7-14(8-6-13)15-16(3,4)10-12(2)18/h5-8,11-12,17-18H,9-10H2,1-4H3/t11-,12-/m0/s1. The molecule has 0 radical (unpaired) electrons. The highest BCUT2D eigenvalue weighted by molar-refractivity contribution is 5.46. The average Bonchev–Trinajstić information content (AvgIpc) is 2.17.